The summed E-state index contributed by atoms with van der Waals surface area (Å²) >= 11 is 3.44. The number of fused-ring (bicyclic) bond motifs is 1. The second kappa shape index (κ2) is 8.45. The van der Waals surface area contributed by atoms with Crippen LogP contribution in [0.15, 0.2) is 76.4 Å². The molecule has 2 aromatic carbocycles. The van der Waals surface area contributed by atoms with E-state index in [1.165, 1.54) is 36.7 Å². The van der Waals surface area contributed by atoms with Crippen molar-refractivity contribution in [3.05, 3.63) is 82.6 Å². The van der Waals surface area contributed by atoms with Crippen LogP contribution in [0, 0.1) is 0 Å². The Labute approximate surface area is 182 Å². The number of nitrogens with zero attached hydrogens (tertiary/aromatic N) is 1. The normalized spacial score (nSPS) is 15.6. The number of hydrogen-bond donors (Lipinski definition) is 2. The van der Waals surface area contributed by atoms with Crippen molar-refractivity contribution in [2.24, 2.45) is 0 Å². The smallest absolute Gasteiger partial charge is 0.261 e. The van der Waals surface area contributed by atoms with Gasteiger partial charge in [-0.05, 0) is 54.6 Å². The molecule has 1 amide bonds. The molecule has 0 fully saturated rings. The summed E-state index contributed by atoms with van der Waals surface area (Å²) < 4.78 is 34.1. The summed E-state index contributed by atoms with van der Waals surface area (Å²) in [6.07, 6.45) is 3.65. The van der Waals surface area contributed by atoms with Gasteiger partial charge in [0.1, 0.15) is 5.75 Å². The molecule has 3 aromatic rings. The van der Waals surface area contributed by atoms with E-state index in [0.717, 1.165) is 15.8 Å². The van der Waals surface area contributed by atoms with Gasteiger partial charge in [0.05, 0.1) is 23.2 Å². The van der Waals surface area contributed by atoms with E-state index in [0.29, 0.717) is 24.3 Å². The first-order valence-electron chi connectivity index (χ1n) is 9.18. The van der Waals surface area contributed by atoms with E-state index < -0.39 is 10.0 Å². The van der Waals surface area contributed by atoms with Gasteiger partial charge in [-0.15, -0.1) is 0 Å². The van der Waals surface area contributed by atoms with Gasteiger partial charge in [-0.25, -0.2) is 8.42 Å². The van der Waals surface area contributed by atoms with Crippen LogP contribution in [-0.4, -0.2) is 25.9 Å². The summed E-state index contributed by atoms with van der Waals surface area (Å²) in [6.45, 7) is 0.511. The lowest BCUT2D eigenvalue weighted by Gasteiger charge is -2.27. The number of anilines is 1. The van der Waals surface area contributed by atoms with Gasteiger partial charge in [-0.2, -0.15) is 0 Å². The zero-order valence-electron chi connectivity index (χ0n) is 15.7. The number of sulfonamides is 1. The number of carbonyl (C=O) groups is 1. The lowest BCUT2D eigenvalue weighted by molar-refractivity contribution is 0.0924. The largest absolute Gasteiger partial charge is 0.493 e. The lowest BCUT2D eigenvalue weighted by Crippen LogP contribution is -2.32. The maximum absolute atomic E-state index is 12.7. The van der Waals surface area contributed by atoms with E-state index in [-0.39, 0.29) is 16.8 Å². The Hall–Kier alpha value is -2.91. The SMILES string of the molecule is O=C(NC1CCOc2ccc(Br)cc21)c1ccc(S(=O)(=O)Nc2ccncc2)cc1. The highest BCUT2D eigenvalue weighted by Gasteiger charge is 2.24. The third-order valence-electron chi connectivity index (χ3n) is 4.68. The van der Waals surface area contributed by atoms with E-state index in [4.69, 9.17) is 4.74 Å². The molecule has 154 valence electrons. The van der Waals surface area contributed by atoms with E-state index in [2.05, 4.69) is 31.0 Å². The Morgan fingerprint density at radius 1 is 1.07 bits per heavy atom. The van der Waals surface area contributed by atoms with Gasteiger partial charge < -0.3 is 10.1 Å². The topological polar surface area (TPSA) is 97.4 Å². The molecule has 2 heterocycles. The first kappa shape index (κ1) is 20.4. The molecule has 0 spiro atoms. The van der Waals surface area contributed by atoms with Crippen molar-refractivity contribution in [3.8, 4) is 5.75 Å². The molecule has 0 saturated heterocycles. The van der Waals surface area contributed by atoms with Gasteiger partial charge in [0.25, 0.3) is 15.9 Å². The molecule has 4 rings (SSSR count). The molecule has 1 aliphatic rings. The van der Waals surface area contributed by atoms with Gasteiger partial charge in [-0.1, -0.05) is 15.9 Å². The number of rotatable bonds is 5. The summed E-state index contributed by atoms with van der Waals surface area (Å²) in [6, 6.07) is 14.4. The third kappa shape index (κ3) is 4.47. The van der Waals surface area contributed by atoms with Crippen molar-refractivity contribution in [2.45, 2.75) is 17.4 Å². The molecule has 0 saturated carbocycles. The van der Waals surface area contributed by atoms with Crippen LogP contribution in [0.1, 0.15) is 28.4 Å². The molecule has 1 aliphatic heterocycles. The average molecular weight is 488 g/mol. The van der Waals surface area contributed by atoms with Crippen molar-refractivity contribution in [3.63, 3.8) is 0 Å². The maximum atomic E-state index is 12.7. The predicted octanol–water partition coefficient (Wildman–Crippen LogP) is 3.90. The Kier molecular flexibility index (Phi) is 5.74. The van der Waals surface area contributed by atoms with Crippen LogP contribution in [0.3, 0.4) is 0 Å². The quantitative estimate of drug-likeness (QED) is 0.568. The zero-order valence-corrected chi connectivity index (χ0v) is 18.1. The Bertz CT molecular complexity index is 1170. The molecule has 9 heteroatoms. The van der Waals surface area contributed by atoms with Gasteiger partial charge >= 0.3 is 0 Å². The fourth-order valence-electron chi connectivity index (χ4n) is 3.18. The Balaban J connectivity index is 1.48. The number of pyridine rings is 1. The second-order valence-electron chi connectivity index (χ2n) is 6.71. The van der Waals surface area contributed by atoms with Crippen molar-refractivity contribution in [1.82, 2.24) is 10.3 Å². The number of carbonyl (C=O) groups excluding carboxylic acids is 1. The molecule has 0 aliphatic carbocycles. The molecule has 1 aromatic heterocycles. The monoisotopic (exact) mass is 487 g/mol. The minimum atomic E-state index is -3.76. The van der Waals surface area contributed by atoms with E-state index in [9.17, 15) is 13.2 Å². The number of nitrogens with one attached hydrogen (secondary N) is 2. The van der Waals surface area contributed by atoms with Crippen molar-refractivity contribution >= 4 is 37.5 Å². The van der Waals surface area contributed by atoms with E-state index in [1.807, 2.05) is 18.2 Å². The molecule has 2 N–H and O–H groups in total. The third-order valence-corrected chi connectivity index (χ3v) is 6.57. The highest BCUT2D eigenvalue weighted by molar-refractivity contribution is 9.10. The van der Waals surface area contributed by atoms with Crippen LogP contribution >= 0.6 is 15.9 Å². The van der Waals surface area contributed by atoms with E-state index >= 15 is 0 Å². The van der Waals surface area contributed by atoms with Crippen molar-refractivity contribution in [2.75, 3.05) is 11.3 Å². The fourth-order valence-corrected chi connectivity index (χ4v) is 4.61. The van der Waals surface area contributed by atoms with Crippen LogP contribution in [-0.2, 0) is 10.0 Å². The number of benzene rings is 2. The molecule has 30 heavy (non-hydrogen) atoms. The van der Waals surface area contributed by atoms with Crippen LogP contribution in [0.25, 0.3) is 0 Å². The Morgan fingerprint density at radius 3 is 2.53 bits per heavy atom. The molecule has 0 bridgehead atoms. The van der Waals surface area contributed by atoms with Gasteiger partial charge in [0.2, 0.25) is 0 Å². The number of hydrogen-bond acceptors (Lipinski definition) is 5. The predicted molar refractivity (Wildman–Crippen MR) is 116 cm³/mol. The van der Waals surface area contributed by atoms with Gasteiger partial charge in [0.15, 0.2) is 0 Å². The maximum Gasteiger partial charge on any atom is 0.261 e. The summed E-state index contributed by atoms with van der Waals surface area (Å²) in [5.41, 5.74) is 1.70. The Morgan fingerprint density at radius 2 is 1.80 bits per heavy atom. The van der Waals surface area contributed by atoms with Crippen LogP contribution in [0.5, 0.6) is 5.75 Å². The molecular formula is C21H18BrN3O4S. The summed E-state index contributed by atoms with van der Waals surface area (Å²) in [4.78, 5) is 16.6. The molecule has 1 atom stereocenters. The first-order chi connectivity index (χ1) is 14.4. The second-order valence-corrected chi connectivity index (χ2v) is 9.31. The minimum Gasteiger partial charge on any atom is -0.493 e. The van der Waals surface area contributed by atoms with E-state index in [1.54, 1.807) is 12.1 Å². The zero-order chi connectivity index (χ0) is 21.1. The van der Waals surface area contributed by atoms with Gasteiger partial charge in [-0.3, -0.25) is 14.5 Å². The summed E-state index contributed by atoms with van der Waals surface area (Å²) in [5, 5.41) is 3.00. The highest BCUT2D eigenvalue weighted by Crippen LogP contribution is 2.34. The summed E-state index contributed by atoms with van der Waals surface area (Å²) in [7, 11) is -3.76. The fraction of sp³-hybridized carbons (Fsp3) is 0.143. The number of aromatic nitrogens is 1. The van der Waals surface area contributed by atoms with Gasteiger partial charge in [0, 0.05) is 34.4 Å². The lowest BCUT2D eigenvalue weighted by atomic mass is 10.00. The molecule has 0 radical (unpaired) electrons. The van der Waals surface area contributed by atoms with Crippen molar-refractivity contribution in [1.29, 1.82) is 0 Å². The summed E-state index contributed by atoms with van der Waals surface area (Å²) in [5.74, 6) is 0.470. The molecule has 7 nitrogen and oxygen atoms in total. The molecular weight excluding hydrogens is 470 g/mol. The number of halogens is 1. The number of amides is 1. The first-order valence-corrected chi connectivity index (χ1v) is 11.5. The minimum absolute atomic E-state index is 0.0659. The average Bonchev–Trinajstić information content (AvgIpc) is 2.74. The van der Waals surface area contributed by atoms with Crippen LogP contribution < -0.4 is 14.8 Å². The standard InChI is InChI=1S/C21H18BrN3O4S/c22-15-3-6-20-18(13-15)19(9-12-29-20)24-21(26)14-1-4-17(5-2-14)30(27,28)25-16-7-10-23-11-8-16/h1-8,10-11,13,19H,9,12H2,(H,23,25)(H,24,26). The van der Waals surface area contributed by atoms with Crippen LogP contribution in [0.4, 0.5) is 5.69 Å². The molecule has 1 unspecified atom stereocenters. The number of ether oxygens (including phenoxy) is 1. The highest BCUT2D eigenvalue weighted by atomic mass is 79.9. The van der Waals surface area contributed by atoms with Crippen molar-refractivity contribution < 1.29 is 17.9 Å². The van der Waals surface area contributed by atoms with Crippen LogP contribution in [0.2, 0.25) is 0 Å².